The average molecular weight is 218 g/mol. The Morgan fingerprint density at radius 3 is 2.81 bits per heavy atom. The molecule has 4 nitrogen and oxygen atoms in total. The molecule has 1 aromatic carbocycles. The monoisotopic (exact) mass is 218 g/mol. The number of aryl methyl sites for hydroxylation is 1. The smallest absolute Gasteiger partial charge is 0.189 e. The highest BCUT2D eigenvalue weighted by atomic mass is 16.5. The highest BCUT2D eigenvalue weighted by Gasteiger charge is 2.08. The minimum atomic E-state index is 0.600. The molecule has 4 heteroatoms. The van der Waals surface area contributed by atoms with Crippen molar-refractivity contribution in [2.24, 2.45) is 5.73 Å². The summed E-state index contributed by atoms with van der Waals surface area (Å²) in [6, 6.07) is 7.82. The maximum absolute atomic E-state index is 5.72. The summed E-state index contributed by atoms with van der Waals surface area (Å²) >= 11 is 0. The van der Waals surface area contributed by atoms with Gasteiger partial charge in [0, 0.05) is 6.92 Å². The summed E-state index contributed by atoms with van der Waals surface area (Å²) in [6.07, 6.45) is 2.36. The third kappa shape index (κ3) is 2.23. The average Bonchev–Trinajstić information content (AvgIpc) is 2.68. The normalized spacial score (nSPS) is 10.4. The van der Waals surface area contributed by atoms with Crippen molar-refractivity contribution in [3.63, 3.8) is 0 Å². The number of hydrogen-bond acceptors (Lipinski definition) is 4. The molecule has 0 spiro atoms. The van der Waals surface area contributed by atoms with Gasteiger partial charge in [0.1, 0.15) is 11.9 Å². The molecule has 0 aliphatic heterocycles. The van der Waals surface area contributed by atoms with Gasteiger partial charge in [-0.25, -0.2) is 0 Å². The van der Waals surface area contributed by atoms with Gasteiger partial charge >= 0.3 is 0 Å². The maximum atomic E-state index is 5.72. The zero-order valence-electron chi connectivity index (χ0n) is 9.14. The van der Waals surface area contributed by atoms with Crippen LogP contribution in [0.25, 0.3) is 0 Å². The van der Waals surface area contributed by atoms with Crippen LogP contribution in [0.15, 0.2) is 35.0 Å². The summed E-state index contributed by atoms with van der Waals surface area (Å²) in [4.78, 5) is 0. The second-order valence-electron chi connectivity index (χ2n) is 3.49. The zero-order valence-corrected chi connectivity index (χ0v) is 9.14. The van der Waals surface area contributed by atoms with E-state index < -0.39 is 0 Å². The lowest BCUT2D eigenvalue weighted by molar-refractivity contribution is 0.385. The summed E-state index contributed by atoms with van der Waals surface area (Å²) in [7, 11) is 0. The molecule has 0 aliphatic carbocycles. The van der Waals surface area contributed by atoms with Crippen molar-refractivity contribution >= 4 is 0 Å². The number of benzene rings is 1. The number of hydrogen-bond donors (Lipinski definition) is 1. The first-order chi connectivity index (χ1) is 7.81. The lowest BCUT2D eigenvalue weighted by atomic mass is 10.1. The largest absolute Gasteiger partial charge is 0.452 e. The Morgan fingerprint density at radius 1 is 1.31 bits per heavy atom. The van der Waals surface area contributed by atoms with E-state index in [0.29, 0.717) is 18.1 Å². The molecule has 1 aromatic heterocycles. The van der Waals surface area contributed by atoms with Gasteiger partial charge in [-0.05, 0) is 24.6 Å². The molecule has 2 aromatic rings. The summed E-state index contributed by atoms with van der Waals surface area (Å²) in [5.74, 6) is 2.12. The Hall–Kier alpha value is -1.81. The molecule has 0 aliphatic rings. The van der Waals surface area contributed by atoms with Gasteiger partial charge in [0.05, 0.1) is 0 Å². The van der Waals surface area contributed by atoms with Crippen molar-refractivity contribution in [3.8, 4) is 11.5 Å². The van der Waals surface area contributed by atoms with E-state index in [-0.39, 0.29) is 0 Å². The van der Waals surface area contributed by atoms with Gasteiger partial charge in [-0.3, -0.25) is 0 Å². The van der Waals surface area contributed by atoms with Crippen LogP contribution in [-0.2, 0) is 6.42 Å². The molecular weight excluding hydrogens is 204 g/mol. The van der Waals surface area contributed by atoms with E-state index in [4.69, 9.17) is 15.0 Å². The summed E-state index contributed by atoms with van der Waals surface area (Å²) < 4.78 is 10.7. The van der Waals surface area contributed by atoms with Crippen LogP contribution < -0.4 is 10.5 Å². The first kappa shape index (κ1) is 10.7. The lowest BCUT2D eigenvalue weighted by Crippen LogP contribution is -2.03. The SMILES string of the molecule is Cc1oncc1Oc1ccccc1CCN. The van der Waals surface area contributed by atoms with Gasteiger partial charge in [0.25, 0.3) is 0 Å². The van der Waals surface area contributed by atoms with E-state index >= 15 is 0 Å². The van der Waals surface area contributed by atoms with E-state index in [1.54, 1.807) is 6.20 Å². The second-order valence-corrected chi connectivity index (χ2v) is 3.49. The molecule has 2 rings (SSSR count). The Morgan fingerprint density at radius 2 is 2.12 bits per heavy atom. The third-order valence-corrected chi connectivity index (χ3v) is 2.31. The van der Waals surface area contributed by atoms with Crippen LogP contribution in [0.5, 0.6) is 11.5 Å². The lowest BCUT2D eigenvalue weighted by Gasteiger charge is -2.08. The quantitative estimate of drug-likeness (QED) is 0.855. The molecule has 2 N–H and O–H groups in total. The van der Waals surface area contributed by atoms with Crippen LogP contribution in [-0.4, -0.2) is 11.7 Å². The van der Waals surface area contributed by atoms with E-state index in [2.05, 4.69) is 5.16 Å². The number of rotatable bonds is 4. The molecule has 0 bridgehead atoms. The van der Waals surface area contributed by atoms with Crippen LogP contribution in [0.2, 0.25) is 0 Å². The molecule has 1 heterocycles. The standard InChI is InChI=1S/C12H14N2O2/c1-9-12(8-14-16-9)15-11-5-3-2-4-10(11)6-7-13/h2-5,8H,6-7,13H2,1H3. The van der Waals surface area contributed by atoms with Gasteiger partial charge in [0.15, 0.2) is 11.5 Å². The Bertz CT molecular complexity index is 466. The first-order valence-electron chi connectivity index (χ1n) is 5.18. The fourth-order valence-electron chi connectivity index (χ4n) is 1.47. The maximum Gasteiger partial charge on any atom is 0.189 e. The molecule has 0 saturated heterocycles. The number of ether oxygens (including phenoxy) is 1. The summed E-state index contributed by atoms with van der Waals surface area (Å²) in [5, 5.41) is 3.67. The molecule has 0 unspecified atom stereocenters. The summed E-state index contributed by atoms with van der Waals surface area (Å²) in [5.41, 5.74) is 6.63. The van der Waals surface area contributed by atoms with E-state index in [0.717, 1.165) is 17.7 Å². The van der Waals surface area contributed by atoms with Crippen molar-refractivity contribution < 1.29 is 9.26 Å². The van der Waals surface area contributed by atoms with Gasteiger partial charge in [0.2, 0.25) is 0 Å². The number of aromatic nitrogens is 1. The molecular formula is C12H14N2O2. The van der Waals surface area contributed by atoms with E-state index in [9.17, 15) is 0 Å². The summed E-state index contributed by atoms with van der Waals surface area (Å²) in [6.45, 7) is 2.41. The van der Waals surface area contributed by atoms with Gasteiger partial charge in [-0.1, -0.05) is 23.4 Å². The molecule has 0 amide bonds. The predicted octanol–water partition coefficient (Wildman–Crippen LogP) is 2.28. The topological polar surface area (TPSA) is 61.3 Å². The molecule has 0 fully saturated rings. The van der Waals surface area contributed by atoms with Crippen molar-refractivity contribution in [2.75, 3.05) is 6.54 Å². The Balaban J connectivity index is 2.24. The van der Waals surface area contributed by atoms with Gasteiger partial charge < -0.3 is 15.0 Å². The van der Waals surface area contributed by atoms with Crippen molar-refractivity contribution in [2.45, 2.75) is 13.3 Å². The Labute approximate surface area is 94.0 Å². The highest BCUT2D eigenvalue weighted by Crippen LogP contribution is 2.27. The Kier molecular flexibility index (Phi) is 3.22. The molecule has 84 valence electrons. The van der Waals surface area contributed by atoms with Crippen molar-refractivity contribution in [1.29, 1.82) is 0 Å². The second kappa shape index (κ2) is 4.81. The van der Waals surface area contributed by atoms with E-state index in [1.165, 1.54) is 0 Å². The van der Waals surface area contributed by atoms with Crippen LogP contribution in [0.3, 0.4) is 0 Å². The van der Waals surface area contributed by atoms with Crippen LogP contribution in [0, 0.1) is 6.92 Å². The van der Waals surface area contributed by atoms with Crippen LogP contribution in [0.1, 0.15) is 11.3 Å². The number of para-hydroxylation sites is 1. The minimum Gasteiger partial charge on any atom is -0.452 e. The van der Waals surface area contributed by atoms with Gasteiger partial charge in [-0.2, -0.15) is 0 Å². The molecule has 0 radical (unpaired) electrons. The first-order valence-corrected chi connectivity index (χ1v) is 5.18. The fourth-order valence-corrected chi connectivity index (χ4v) is 1.47. The number of nitrogens with two attached hydrogens (primary N) is 1. The van der Waals surface area contributed by atoms with Crippen molar-refractivity contribution in [1.82, 2.24) is 5.16 Å². The molecule has 16 heavy (non-hydrogen) atoms. The van der Waals surface area contributed by atoms with Crippen LogP contribution >= 0.6 is 0 Å². The highest BCUT2D eigenvalue weighted by molar-refractivity contribution is 5.37. The van der Waals surface area contributed by atoms with Crippen molar-refractivity contribution in [3.05, 3.63) is 41.8 Å². The fraction of sp³-hybridized carbons (Fsp3) is 0.250. The molecule has 0 saturated carbocycles. The third-order valence-electron chi connectivity index (χ3n) is 2.31. The molecule has 0 atom stereocenters. The predicted molar refractivity (Wildman–Crippen MR) is 60.5 cm³/mol. The zero-order chi connectivity index (χ0) is 11.4. The van der Waals surface area contributed by atoms with Crippen LogP contribution in [0.4, 0.5) is 0 Å². The van der Waals surface area contributed by atoms with E-state index in [1.807, 2.05) is 31.2 Å². The number of nitrogens with zero attached hydrogens (tertiary/aromatic N) is 1. The minimum absolute atomic E-state index is 0.600. The van der Waals surface area contributed by atoms with Gasteiger partial charge in [-0.15, -0.1) is 0 Å².